The third kappa shape index (κ3) is 5.48. The fourth-order valence-corrected chi connectivity index (χ4v) is 2.97. The van der Waals surface area contributed by atoms with Crippen molar-refractivity contribution in [3.05, 3.63) is 65.7 Å². The highest BCUT2D eigenvalue weighted by Crippen LogP contribution is 2.21. The number of benzene rings is 1. The summed E-state index contributed by atoms with van der Waals surface area (Å²) in [6.07, 6.45) is 1.89. The number of hydrogen-bond donors (Lipinski definition) is 3. The van der Waals surface area contributed by atoms with E-state index in [1.807, 2.05) is 19.1 Å². The van der Waals surface area contributed by atoms with Crippen molar-refractivity contribution in [2.45, 2.75) is 19.4 Å². The second-order valence-electron chi connectivity index (χ2n) is 6.87. The van der Waals surface area contributed by atoms with Gasteiger partial charge in [0, 0.05) is 30.6 Å². The lowest BCUT2D eigenvalue weighted by molar-refractivity contribution is -0.136. The minimum Gasteiger partial charge on any atom is -0.480 e. The molecule has 9 heteroatoms. The molecule has 1 atom stereocenters. The molecule has 1 amide bonds. The van der Waals surface area contributed by atoms with E-state index in [9.17, 15) is 14.0 Å². The van der Waals surface area contributed by atoms with Gasteiger partial charge in [0.25, 0.3) is 0 Å². The topological polar surface area (TPSA) is 109 Å². The van der Waals surface area contributed by atoms with Crippen LogP contribution in [0, 0.1) is 12.7 Å². The lowest BCUT2D eigenvalue weighted by atomic mass is 10.1. The Morgan fingerprint density at radius 3 is 2.60 bits per heavy atom. The molecule has 156 valence electrons. The van der Waals surface area contributed by atoms with Gasteiger partial charge in [-0.15, -0.1) is 0 Å². The lowest BCUT2D eigenvalue weighted by Crippen LogP contribution is -2.44. The van der Waals surface area contributed by atoms with Gasteiger partial charge in [-0.1, -0.05) is 12.1 Å². The monoisotopic (exact) mass is 411 g/mol. The Kier molecular flexibility index (Phi) is 6.53. The summed E-state index contributed by atoms with van der Waals surface area (Å²) in [6, 6.07) is 10.3. The maximum absolute atomic E-state index is 13.1. The van der Waals surface area contributed by atoms with Gasteiger partial charge in [0.15, 0.2) is 0 Å². The summed E-state index contributed by atoms with van der Waals surface area (Å²) in [5.41, 5.74) is 3.09. The van der Waals surface area contributed by atoms with Crippen molar-refractivity contribution in [2.24, 2.45) is 7.05 Å². The molecule has 0 spiro atoms. The lowest BCUT2D eigenvalue weighted by Gasteiger charge is -2.17. The zero-order valence-corrected chi connectivity index (χ0v) is 16.6. The van der Waals surface area contributed by atoms with Crippen LogP contribution in [-0.2, 0) is 23.1 Å². The van der Waals surface area contributed by atoms with Crippen LogP contribution < -0.4 is 10.6 Å². The first-order valence-corrected chi connectivity index (χ1v) is 9.29. The molecule has 0 saturated carbocycles. The number of carbonyl (C=O) groups is 2. The summed E-state index contributed by atoms with van der Waals surface area (Å²) in [7, 11) is 1.70. The number of carbonyl (C=O) groups excluding carboxylic acids is 1. The summed E-state index contributed by atoms with van der Waals surface area (Å²) < 4.78 is 14.7. The van der Waals surface area contributed by atoms with Crippen molar-refractivity contribution in [1.82, 2.24) is 20.1 Å². The summed E-state index contributed by atoms with van der Waals surface area (Å²) in [4.78, 5) is 28.0. The molecule has 3 aromatic rings. The van der Waals surface area contributed by atoms with Gasteiger partial charge in [-0.2, -0.15) is 5.10 Å². The Hall–Kier alpha value is -3.59. The molecule has 0 radical (unpaired) electrons. The first kappa shape index (κ1) is 21.1. The highest BCUT2D eigenvalue weighted by molar-refractivity contribution is 5.95. The van der Waals surface area contributed by atoms with Crippen LogP contribution in [0.25, 0.3) is 11.3 Å². The van der Waals surface area contributed by atoms with E-state index < -0.39 is 17.9 Å². The molecule has 8 nitrogen and oxygen atoms in total. The van der Waals surface area contributed by atoms with E-state index in [2.05, 4.69) is 20.7 Å². The molecule has 1 aromatic carbocycles. The van der Waals surface area contributed by atoms with Gasteiger partial charge in [0.1, 0.15) is 11.6 Å². The Balaban J connectivity index is 1.77. The standard InChI is InChI=1S/C21H22FN5O3/c1-13-9-15(7-8-23-13)17-11-19(27(2)26-17)25-21(30)18(24-12-20(28)29)10-14-3-5-16(22)6-4-14/h3-9,11,18,24H,10,12H2,1-2H3,(H,25,30)(H,28,29). The van der Waals surface area contributed by atoms with E-state index in [-0.39, 0.29) is 18.8 Å². The number of amides is 1. The smallest absolute Gasteiger partial charge is 0.317 e. The first-order chi connectivity index (χ1) is 14.3. The molecule has 0 fully saturated rings. The highest BCUT2D eigenvalue weighted by Gasteiger charge is 2.21. The highest BCUT2D eigenvalue weighted by atomic mass is 19.1. The molecule has 2 aromatic heterocycles. The van der Waals surface area contributed by atoms with Crippen molar-refractivity contribution in [3.63, 3.8) is 0 Å². The molecular formula is C21H22FN5O3. The van der Waals surface area contributed by atoms with Gasteiger partial charge >= 0.3 is 5.97 Å². The molecule has 1 unspecified atom stereocenters. The van der Waals surface area contributed by atoms with Crippen LogP contribution in [-0.4, -0.2) is 44.3 Å². The average molecular weight is 411 g/mol. The predicted molar refractivity (Wildman–Crippen MR) is 109 cm³/mol. The van der Waals surface area contributed by atoms with Crippen LogP contribution in [0.5, 0.6) is 0 Å². The summed E-state index contributed by atoms with van der Waals surface area (Å²) in [6.45, 7) is 1.50. The normalized spacial score (nSPS) is 11.8. The van der Waals surface area contributed by atoms with Crippen LogP contribution in [0.3, 0.4) is 0 Å². The number of rotatable bonds is 8. The number of carboxylic acid groups (broad SMARTS) is 1. The van der Waals surface area contributed by atoms with Crippen LogP contribution >= 0.6 is 0 Å². The number of anilines is 1. The number of aryl methyl sites for hydroxylation is 2. The van der Waals surface area contributed by atoms with Crippen LogP contribution in [0.1, 0.15) is 11.3 Å². The van der Waals surface area contributed by atoms with Crippen molar-refractivity contribution in [1.29, 1.82) is 0 Å². The molecule has 3 N–H and O–H groups in total. The molecule has 0 aliphatic carbocycles. The third-order valence-corrected chi connectivity index (χ3v) is 4.49. The van der Waals surface area contributed by atoms with Crippen LogP contribution in [0.15, 0.2) is 48.7 Å². The van der Waals surface area contributed by atoms with Crippen molar-refractivity contribution in [2.75, 3.05) is 11.9 Å². The largest absolute Gasteiger partial charge is 0.480 e. The number of aliphatic carboxylic acids is 1. The molecular weight excluding hydrogens is 389 g/mol. The zero-order chi connectivity index (χ0) is 21.7. The average Bonchev–Trinajstić information content (AvgIpc) is 3.07. The summed E-state index contributed by atoms with van der Waals surface area (Å²) >= 11 is 0. The number of nitrogens with one attached hydrogen (secondary N) is 2. The summed E-state index contributed by atoms with van der Waals surface area (Å²) in [5, 5.41) is 18.9. The van der Waals surface area contributed by atoms with E-state index in [1.54, 1.807) is 31.4 Å². The number of hydrogen-bond acceptors (Lipinski definition) is 5. The van der Waals surface area contributed by atoms with Gasteiger partial charge in [-0.05, 0) is 43.2 Å². The number of carboxylic acids is 1. The quantitative estimate of drug-likeness (QED) is 0.524. The van der Waals surface area contributed by atoms with E-state index in [1.165, 1.54) is 16.8 Å². The Morgan fingerprint density at radius 2 is 1.93 bits per heavy atom. The van der Waals surface area contributed by atoms with Crippen LogP contribution in [0.4, 0.5) is 10.2 Å². The predicted octanol–water partition coefficient (Wildman–Crippen LogP) is 2.15. The molecule has 0 bridgehead atoms. The van der Waals surface area contributed by atoms with Crippen molar-refractivity contribution in [3.8, 4) is 11.3 Å². The minimum absolute atomic E-state index is 0.202. The zero-order valence-electron chi connectivity index (χ0n) is 16.6. The van der Waals surface area contributed by atoms with E-state index in [0.717, 1.165) is 11.3 Å². The minimum atomic E-state index is -1.08. The number of aromatic nitrogens is 3. The number of nitrogens with zero attached hydrogens (tertiary/aromatic N) is 3. The van der Waals surface area contributed by atoms with Crippen molar-refractivity contribution < 1.29 is 19.1 Å². The molecule has 3 rings (SSSR count). The Morgan fingerprint density at radius 1 is 1.20 bits per heavy atom. The molecule has 0 aliphatic rings. The second-order valence-corrected chi connectivity index (χ2v) is 6.87. The Bertz CT molecular complexity index is 1050. The van der Waals surface area contributed by atoms with Crippen LogP contribution in [0.2, 0.25) is 0 Å². The second kappa shape index (κ2) is 9.27. The molecule has 0 saturated heterocycles. The van der Waals surface area contributed by atoms with Gasteiger partial charge in [0.2, 0.25) is 5.91 Å². The van der Waals surface area contributed by atoms with E-state index in [4.69, 9.17) is 5.11 Å². The Labute approximate surface area is 172 Å². The number of halogens is 1. The summed E-state index contributed by atoms with van der Waals surface area (Å²) in [5.74, 6) is -1.42. The van der Waals surface area contributed by atoms with Gasteiger partial charge < -0.3 is 10.4 Å². The van der Waals surface area contributed by atoms with Crippen molar-refractivity contribution >= 4 is 17.7 Å². The van der Waals surface area contributed by atoms with E-state index >= 15 is 0 Å². The SMILES string of the molecule is Cc1cc(-c2cc(NC(=O)C(Cc3ccc(F)cc3)NCC(=O)O)n(C)n2)ccn1. The molecule has 30 heavy (non-hydrogen) atoms. The molecule has 2 heterocycles. The third-order valence-electron chi connectivity index (χ3n) is 4.49. The van der Waals surface area contributed by atoms with E-state index in [0.29, 0.717) is 17.1 Å². The maximum Gasteiger partial charge on any atom is 0.317 e. The molecule has 0 aliphatic heterocycles. The van der Waals surface area contributed by atoms with Gasteiger partial charge in [-0.3, -0.25) is 24.6 Å². The maximum atomic E-state index is 13.1. The number of pyridine rings is 1. The fraction of sp³-hybridized carbons (Fsp3) is 0.238. The van der Waals surface area contributed by atoms with Gasteiger partial charge in [0.05, 0.1) is 18.3 Å². The first-order valence-electron chi connectivity index (χ1n) is 9.29. The fourth-order valence-electron chi connectivity index (χ4n) is 2.97. The van der Waals surface area contributed by atoms with Gasteiger partial charge in [-0.25, -0.2) is 4.39 Å².